The molecule has 0 unspecified atom stereocenters. The Bertz CT molecular complexity index is 1170. The average Bonchev–Trinajstić information content (AvgIpc) is 3.09. The lowest BCUT2D eigenvalue weighted by Gasteiger charge is -2.24. The molecule has 174 valence electrons. The Balaban J connectivity index is 1.57. The Kier molecular flexibility index (Phi) is 7.03. The second-order valence-corrected chi connectivity index (χ2v) is 8.01. The monoisotopic (exact) mass is 476 g/mol. The normalized spacial score (nSPS) is 15.4. The molecule has 9 heteroatoms. The van der Waals surface area contributed by atoms with Crippen molar-refractivity contribution in [3.63, 3.8) is 0 Å². The van der Waals surface area contributed by atoms with E-state index in [2.05, 4.69) is 10.3 Å². The van der Waals surface area contributed by atoms with E-state index in [9.17, 15) is 9.59 Å². The molecule has 0 spiro atoms. The van der Waals surface area contributed by atoms with Crippen LogP contribution in [0.3, 0.4) is 0 Å². The van der Waals surface area contributed by atoms with Crippen LogP contribution in [0.2, 0.25) is 0 Å². The zero-order valence-electron chi connectivity index (χ0n) is 18.8. The first-order chi connectivity index (χ1) is 16.5. The highest BCUT2D eigenvalue weighted by atomic mass is 32.1. The maximum absolute atomic E-state index is 13.5. The van der Waals surface area contributed by atoms with Crippen molar-refractivity contribution in [1.29, 1.82) is 0 Å². The third-order valence-corrected chi connectivity index (χ3v) is 5.89. The van der Waals surface area contributed by atoms with Gasteiger partial charge >= 0.3 is 0 Å². The smallest absolute Gasteiger partial charge is 0.256 e. The first-order valence-corrected chi connectivity index (χ1v) is 11.0. The molecular formula is C25H24N4O4S. The fourth-order valence-electron chi connectivity index (χ4n) is 3.73. The molecule has 1 aromatic heterocycles. The lowest BCUT2D eigenvalue weighted by Crippen LogP contribution is -2.37. The Morgan fingerprint density at radius 2 is 1.68 bits per heavy atom. The van der Waals surface area contributed by atoms with Gasteiger partial charge in [0.2, 0.25) is 5.91 Å². The van der Waals surface area contributed by atoms with Crippen molar-refractivity contribution in [3.05, 3.63) is 78.6 Å². The van der Waals surface area contributed by atoms with E-state index in [1.54, 1.807) is 80.0 Å². The van der Waals surface area contributed by atoms with E-state index < -0.39 is 6.04 Å². The molecule has 2 aromatic carbocycles. The van der Waals surface area contributed by atoms with Gasteiger partial charge in [0.05, 0.1) is 26.3 Å². The van der Waals surface area contributed by atoms with Crippen molar-refractivity contribution in [2.24, 2.45) is 0 Å². The summed E-state index contributed by atoms with van der Waals surface area (Å²) in [6.45, 7) is 0.353. The number of anilines is 2. The molecule has 4 rings (SSSR count). The molecular weight excluding hydrogens is 452 g/mol. The van der Waals surface area contributed by atoms with Gasteiger partial charge in [0.15, 0.2) is 5.11 Å². The van der Waals surface area contributed by atoms with Gasteiger partial charge in [0, 0.05) is 24.6 Å². The van der Waals surface area contributed by atoms with E-state index in [0.29, 0.717) is 34.5 Å². The molecule has 1 fully saturated rings. The molecule has 1 atom stereocenters. The molecule has 1 N–H and O–H groups in total. The summed E-state index contributed by atoms with van der Waals surface area (Å²) in [5, 5.41) is 3.18. The lowest BCUT2D eigenvalue weighted by atomic mass is 10.1. The van der Waals surface area contributed by atoms with E-state index in [-0.39, 0.29) is 18.2 Å². The Labute approximate surface area is 203 Å². The van der Waals surface area contributed by atoms with Crippen LogP contribution in [-0.2, 0) is 16.1 Å². The van der Waals surface area contributed by atoms with E-state index in [4.69, 9.17) is 21.7 Å². The molecule has 1 aliphatic rings. The number of ether oxygens (including phenoxy) is 2. The molecule has 0 radical (unpaired) electrons. The largest absolute Gasteiger partial charge is 0.497 e. The van der Waals surface area contributed by atoms with Gasteiger partial charge < -0.3 is 19.7 Å². The number of nitrogens with one attached hydrogen (secondary N) is 1. The predicted octanol–water partition coefficient (Wildman–Crippen LogP) is 3.63. The summed E-state index contributed by atoms with van der Waals surface area (Å²) < 4.78 is 10.4. The second kappa shape index (κ2) is 10.3. The summed E-state index contributed by atoms with van der Waals surface area (Å²) in [5.41, 5.74) is 2.12. The van der Waals surface area contributed by atoms with Crippen LogP contribution in [0.25, 0.3) is 0 Å². The number of carbonyl (C=O) groups is 2. The highest BCUT2D eigenvalue weighted by molar-refractivity contribution is 7.80. The van der Waals surface area contributed by atoms with E-state index in [0.717, 1.165) is 5.56 Å². The van der Waals surface area contributed by atoms with Crippen molar-refractivity contribution < 1.29 is 19.1 Å². The number of benzene rings is 2. The lowest BCUT2D eigenvalue weighted by molar-refractivity contribution is -0.124. The summed E-state index contributed by atoms with van der Waals surface area (Å²) >= 11 is 5.70. The van der Waals surface area contributed by atoms with Crippen LogP contribution in [0, 0.1) is 0 Å². The second-order valence-electron chi connectivity index (χ2n) is 7.64. The number of thiocarbonyl (C=S) groups is 1. The Morgan fingerprint density at radius 1 is 1.03 bits per heavy atom. The van der Waals surface area contributed by atoms with Crippen molar-refractivity contribution in [3.8, 4) is 11.5 Å². The summed E-state index contributed by atoms with van der Waals surface area (Å²) in [6.07, 6.45) is 3.34. The van der Waals surface area contributed by atoms with Crippen molar-refractivity contribution in [2.75, 3.05) is 24.4 Å². The zero-order chi connectivity index (χ0) is 24.1. The van der Waals surface area contributed by atoms with Crippen molar-refractivity contribution in [2.45, 2.75) is 19.0 Å². The maximum atomic E-state index is 13.5. The minimum Gasteiger partial charge on any atom is -0.497 e. The molecule has 2 heterocycles. The summed E-state index contributed by atoms with van der Waals surface area (Å²) in [4.78, 5) is 33.8. The summed E-state index contributed by atoms with van der Waals surface area (Å²) in [5.74, 6) is 0.805. The van der Waals surface area contributed by atoms with Gasteiger partial charge in [0.1, 0.15) is 17.5 Å². The number of carbonyl (C=O) groups excluding carboxylic acids is 2. The number of nitrogens with zero attached hydrogens (tertiary/aromatic N) is 3. The number of hydrogen-bond acceptors (Lipinski definition) is 6. The SMILES string of the molecule is COc1ccc(NC(=O)C[C@H]2C(=O)N(c3ccc(OC)cc3)C(=S)N2Cc2cccnc2)cc1. The Morgan fingerprint density at radius 3 is 2.26 bits per heavy atom. The van der Waals surface area contributed by atoms with Crippen LogP contribution in [0.15, 0.2) is 73.1 Å². The number of rotatable bonds is 8. The molecule has 2 amide bonds. The number of aromatic nitrogens is 1. The van der Waals surface area contributed by atoms with Crippen LogP contribution < -0.4 is 19.7 Å². The first kappa shape index (κ1) is 23.2. The van der Waals surface area contributed by atoms with E-state index >= 15 is 0 Å². The van der Waals surface area contributed by atoms with E-state index in [1.807, 2.05) is 12.1 Å². The van der Waals surface area contributed by atoms with Crippen LogP contribution in [0.5, 0.6) is 11.5 Å². The zero-order valence-corrected chi connectivity index (χ0v) is 19.6. The van der Waals surface area contributed by atoms with Crippen LogP contribution in [-0.4, -0.2) is 47.1 Å². The standard InChI is InChI=1S/C25H24N4O4S/c1-32-20-9-5-18(6-10-20)27-23(30)14-22-24(31)29(19-7-11-21(33-2)12-8-19)25(34)28(22)16-17-4-3-13-26-15-17/h3-13,15,22H,14,16H2,1-2H3,(H,27,30)/t22-/m0/s1. The van der Waals surface area contributed by atoms with Gasteiger partial charge in [-0.05, 0) is 72.4 Å². The average molecular weight is 477 g/mol. The van der Waals surface area contributed by atoms with Crippen LogP contribution in [0.4, 0.5) is 11.4 Å². The molecule has 8 nitrogen and oxygen atoms in total. The third kappa shape index (κ3) is 4.99. The number of hydrogen-bond donors (Lipinski definition) is 1. The first-order valence-electron chi connectivity index (χ1n) is 10.6. The molecule has 0 saturated carbocycles. The molecule has 1 aliphatic heterocycles. The van der Waals surface area contributed by atoms with E-state index in [1.165, 1.54) is 4.90 Å². The summed E-state index contributed by atoms with van der Waals surface area (Å²) in [7, 11) is 3.15. The third-order valence-electron chi connectivity index (χ3n) is 5.48. The van der Waals surface area contributed by atoms with Gasteiger partial charge in [-0.3, -0.25) is 19.5 Å². The number of amides is 2. The van der Waals surface area contributed by atoms with Crippen molar-refractivity contribution >= 4 is 40.5 Å². The predicted molar refractivity (Wildman–Crippen MR) is 133 cm³/mol. The Hall–Kier alpha value is -3.98. The maximum Gasteiger partial charge on any atom is 0.256 e. The fourth-order valence-corrected chi connectivity index (χ4v) is 4.12. The van der Waals surface area contributed by atoms with Gasteiger partial charge in [0.25, 0.3) is 5.91 Å². The topological polar surface area (TPSA) is 84.0 Å². The van der Waals surface area contributed by atoms with Gasteiger partial charge in [-0.1, -0.05) is 6.07 Å². The molecule has 0 bridgehead atoms. The number of pyridine rings is 1. The van der Waals surface area contributed by atoms with Gasteiger partial charge in [-0.15, -0.1) is 0 Å². The highest BCUT2D eigenvalue weighted by Gasteiger charge is 2.44. The minimum atomic E-state index is -0.756. The molecule has 3 aromatic rings. The molecule has 0 aliphatic carbocycles. The van der Waals surface area contributed by atoms with Crippen LogP contribution >= 0.6 is 12.2 Å². The van der Waals surface area contributed by atoms with Crippen LogP contribution in [0.1, 0.15) is 12.0 Å². The van der Waals surface area contributed by atoms with Crippen molar-refractivity contribution in [1.82, 2.24) is 9.88 Å². The van der Waals surface area contributed by atoms with Gasteiger partial charge in [-0.25, -0.2) is 0 Å². The highest BCUT2D eigenvalue weighted by Crippen LogP contribution is 2.30. The quantitative estimate of drug-likeness (QED) is 0.497. The van der Waals surface area contributed by atoms with Gasteiger partial charge in [-0.2, -0.15) is 0 Å². The summed E-state index contributed by atoms with van der Waals surface area (Å²) in [6, 6.07) is 17.0. The fraction of sp³-hybridized carbons (Fsp3) is 0.200. The molecule has 34 heavy (non-hydrogen) atoms. The molecule has 1 saturated heterocycles. The number of methoxy groups -OCH3 is 2. The minimum absolute atomic E-state index is 0.0576.